The van der Waals surface area contributed by atoms with Gasteiger partial charge < -0.3 is 21.5 Å². The van der Waals surface area contributed by atoms with Crippen molar-refractivity contribution < 1.29 is 13.9 Å². The number of hydrogen-bond donors (Lipinski definition) is 3. The first-order valence-electron chi connectivity index (χ1n) is 8.12. The van der Waals surface area contributed by atoms with Gasteiger partial charge in [-0.3, -0.25) is 9.48 Å². The molecule has 1 unspecified atom stereocenters. The molecular formula is C18H19FN6O2. The molecule has 0 bridgehead atoms. The molecule has 27 heavy (non-hydrogen) atoms. The van der Waals surface area contributed by atoms with Gasteiger partial charge in [0, 0.05) is 12.7 Å². The van der Waals surface area contributed by atoms with Crippen LogP contribution in [0.25, 0.3) is 0 Å². The van der Waals surface area contributed by atoms with E-state index in [1.807, 2.05) is 24.3 Å². The quantitative estimate of drug-likeness (QED) is 0.608. The summed E-state index contributed by atoms with van der Waals surface area (Å²) >= 11 is 0. The second-order valence-electron chi connectivity index (χ2n) is 5.78. The molecule has 0 saturated heterocycles. The van der Waals surface area contributed by atoms with Crippen molar-refractivity contribution in [1.82, 2.24) is 14.8 Å². The maximum Gasteiger partial charge on any atom is 0.259 e. The Kier molecular flexibility index (Phi) is 5.32. The Balaban J connectivity index is 1.80. The van der Waals surface area contributed by atoms with Gasteiger partial charge in [-0.2, -0.15) is 5.10 Å². The number of carbonyl (C=O) groups excluding carboxylic acids is 1. The van der Waals surface area contributed by atoms with Crippen LogP contribution in [0.15, 0.2) is 48.9 Å². The van der Waals surface area contributed by atoms with Gasteiger partial charge >= 0.3 is 0 Å². The Morgan fingerprint density at radius 3 is 2.93 bits per heavy atom. The van der Waals surface area contributed by atoms with Crippen LogP contribution in [0.2, 0.25) is 0 Å². The number of ether oxygens (including phenoxy) is 1. The van der Waals surface area contributed by atoms with Crippen molar-refractivity contribution in [2.24, 2.45) is 5.73 Å². The third-order valence-corrected chi connectivity index (χ3v) is 4.01. The molecule has 2 heterocycles. The molecule has 0 radical (unpaired) electrons. The highest BCUT2D eigenvalue weighted by molar-refractivity contribution is 6.07. The average molecular weight is 370 g/mol. The maximum atomic E-state index is 13.3. The largest absolute Gasteiger partial charge is 0.497 e. The molecule has 5 N–H and O–H groups in total. The number of halogens is 1. The Morgan fingerprint density at radius 1 is 1.37 bits per heavy atom. The molecule has 3 aromatic rings. The van der Waals surface area contributed by atoms with Gasteiger partial charge in [-0.05, 0) is 23.8 Å². The van der Waals surface area contributed by atoms with E-state index in [9.17, 15) is 9.18 Å². The lowest BCUT2D eigenvalue weighted by atomic mass is 10.1. The minimum Gasteiger partial charge on any atom is -0.497 e. The highest BCUT2D eigenvalue weighted by atomic mass is 19.1. The fourth-order valence-electron chi connectivity index (χ4n) is 2.65. The Bertz CT molecular complexity index is 959. The van der Waals surface area contributed by atoms with Gasteiger partial charge in [0.15, 0.2) is 0 Å². The summed E-state index contributed by atoms with van der Waals surface area (Å²) in [5.74, 6) is -0.575. The lowest BCUT2D eigenvalue weighted by molar-refractivity contribution is 0.102. The number of pyridine rings is 1. The van der Waals surface area contributed by atoms with Crippen LogP contribution in [0.5, 0.6) is 5.75 Å². The van der Waals surface area contributed by atoms with Gasteiger partial charge in [0.25, 0.3) is 5.91 Å². The zero-order valence-electron chi connectivity index (χ0n) is 14.6. The Hall–Kier alpha value is -3.46. The first-order chi connectivity index (χ1) is 13.0. The summed E-state index contributed by atoms with van der Waals surface area (Å²) in [5.41, 5.74) is 12.8. The standard InChI is InChI=1S/C18H19FN6O2/c1-27-14-4-2-3-11(5-14)16(7-20)25-10-13(9-23-25)24-18(26)15-6-12(19)8-22-17(15)21/h2-6,8-10,16H,7,20H2,1H3,(H2,21,22)(H,24,26). The summed E-state index contributed by atoms with van der Waals surface area (Å²) in [4.78, 5) is 16.0. The summed E-state index contributed by atoms with van der Waals surface area (Å²) in [6.45, 7) is 0.295. The third-order valence-electron chi connectivity index (χ3n) is 4.01. The van der Waals surface area contributed by atoms with Crippen molar-refractivity contribution >= 4 is 17.4 Å². The van der Waals surface area contributed by atoms with E-state index in [1.165, 1.54) is 6.20 Å². The van der Waals surface area contributed by atoms with Crippen LogP contribution in [-0.4, -0.2) is 34.3 Å². The molecule has 1 aromatic carbocycles. The van der Waals surface area contributed by atoms with E-state index in [-0.39, 0.29) is 17.4 Å². The molecule has 0 aliphatic heterocycles. The number of aromatic nitrogens is 3. The second kappa shape index (κ2) is 7.83. The topological polar surface area (TPSA) is 121 Å². The number of nitrogens with two attached hydrogens (primary N) is 2. The second-order valence-corrected chi connectivity index (χ2v) is 5.78. The number of nitrogen functional groups attached to an aromatic ring is 1. The van der Waals surface area contributed by atoms with Crippen LogP contribution < -0.4 is 21.5 Å². The zero-order valence-corrected chi connectivity index (χ0v) is 14.6. The molecule has 0 spiro atoms. The number of amides is 1. The fraction of sp³-hybridized carbons (Fsp3) is 0.167. The minimum atomic E-state index is -0.647. The normalized spacial score (nSPS) is 11.8. The fourth-order valence-corrected chi connectivity index (χ4v) is 2.65. The highest BCUT2D eigenvalue weighted by Crippen LogP contribution is 2.23. The molecule has 2 aromatic heterocycles. The van der Waals surface area contributed by atoms with Crippen molar-refractivity contribution in [2.75, 3.05) is 24.7 Å². The Labute approximate surface area is 155 Å². The summed E-state index contributed by atoms with van der Waals surface area (Å²) in [6, 6.07) is 8.27. The molecule has 0 aliphatic rings. The van der Waals surface area contributed by atoms with Crippen molar-refractivity contribution in [3.05, 3.63) is 65.9 Å². The van der Waals surface area contributed by atoms with E-state index in [2.05, 4.69) is 15.4 Å². The van der Waals surface area contributed by atoms with Crippen molar-refractivity contribution in [3.63, 3.8) is 0 Å². The zero-order chi connectivity index (χ0) is 19.4. The van der Waals surface area contributed by atoms with Crippen LogP contribution >= 0.6 is 0 Å². The summed E-state index contributed by atoms with van der Waals surface area (Å²) in [7, 11) is 1.59. The van der Waals surface area contributed by atoms with Crippen LogP contribution in [0.3, 0.4) is 0 Å². The van der Waals surface area contributed by atoms with E-state index >= 15 is 0 Å². The van der Waals surface area contributed by atoms with Crippen LogP contribution in [0, 0.1) is 5.82 Å². The molecule has 8 nitrogen and oxygen atoms in total. The van der Waals surface area contributed by atoms with E-state index in [0.717, 1.165) is 17.8 Å². The molecule has 1 amide bonds. The molecule has 0 aliphatic carbocycles. The Morgan fingerprint density at radius 2 is 2.19 bits per heavy atom. The van der Waals surface area contributed by atoms with Gasteiger partial charge in [0.05, 0.1) is 36.8 Å². The van der Waals surface area contributed by atoms with Crippen LogP contribution in [0.4, 0.5) is 15.9 Å². The van der Waals surface area contributed by atoms with Gasteiger partial charge in [-0.1, -0.05) is 12.1 Å². The number of nitrogens with one attached hydrogen (secondary N) is 1. The molecule has 0 saturated carbocycles. The van der Waals surface area contributed by atoms with Crippen LogP contribution in [-0.2, 0) is 0 Å². The average Bonchev–Trinajstić information content (AvgIpc) is 3.12. The van der Waals surface area contributed by atoms with E-state index < -0.39 is 11.7 Å². The number of benzene rings is 1. The molecule has 1 atom stereocenters. The van der Waals surface area contributed by atoms with Gasteiger partial charge in [-0.25, -0.2) is 9.37 Å². The molecule has 3 rings (SSSR count). The lowest BCUT2D eigenvalue weighted by Gasteiger charge is -2.16. The summed E-state index contributed by atoms with van der Waals surface area (Å²) < 4.78 is 20.2. The van der Waals surface area contributed by atoms with Gasteiger partial charge in [0.1, 0.15) is 17.4 Å². The summed E-state index contributed by atoms with van der Waals surface area (Å²) in [6.07, 6.45) is 4.06. The SMILES string of the molecule is COc1cccc(C(CN)n2cc(NC(=O)c3cc(F)cnc3N)cn2)c1. The predicted octanol–water partition coefficient (Wildman–Crippen LogP) is 1.81. The first-order valence-corrected chi connectivity index (χ1v) is 8.12. The molecule has 0 fully saturated rings. The number of nitrogens with zero attached hydrogens (tertiary/aromatic N) is 3. The monoisotopic (exact) mass is 370 g/mol. The lowest BCUT2D eigenvalue weighted by Crippen LogP contribution is -2.21. The third kappa shape index (κ3) is 4.04. The minimum absolute atomic E-state index is 0.0501. The number of anilines is 2. The molecular weight excluding hydrogens is 351 g/mol. The van der Waals surface area contributed by atoms with Crippen molar-refractivity contribution in [1.29, 1.82) is 0 Å². The van der Waals surface area contributed by atoms with E-state index in [0.29, 0.717) is 18.0 Å². The predicted molar refractivity (Wildman–Crippen MR) is 99.0 cm³/mol. The van der Waals surface area contributed by atoms with E-state index in [4.69, 9.17) is 16.2 Å². The number of hydrogen-bond acceptors (Lipinski definition) is 6. The molecule has 9 heteroatoms. The molecule has 140 valence electrons. The number of rotatable bonds is 6. The summed E-state index contributed by atoms with van der Waals surface area (Å²) in [5, 5.41) is 6.89. The van der Waals surface area contributed by atoms with Crippen LogP contribution in [0.1, 0.15) is 22.0 Å². The van der Waals surface area contributed by atoms with Gasteiger partial charge in [-0.15, -0.1) is 0 Å². The smallest absolute Gasteiger partial charge is 0.259 e. The van der Waals surface area contributed by atoms with Crippen molar-refractivity contribution in [3.8, 4) is 5.75 Å². The van der Waals surface area contributed by atoms with Crippen molar-refractivity contribution in [2.45, 2.75) is 6.04 Å². The van der Waals surface area contributed by atoms with Gasteiger partial charge in [0.2, 0.25) is 0 Å². The van der Waals surface area contributed by atoms with E-state index in [1.54, 1.807) is 18.0 Å². The highest BCUT2D eigenvalue weighted by Gasteiger charge is 2.17. The number of methoxy groups -OCH3 is 1. The number of carbonyl (C=O) groups is 1. The first kappa shape index (κ1) is 18.3. The maximum absolute atomic E-state index is 13.3.